The van der Waals surface area contributed by atoms with E-state index in [9.17, 15) is 9.90 Å². The molecule has 0 spiro atoms. The molecule has 0 aromatic heterocycles. The van der Waals surface area contributed by atoms with E-state index >= 15 is 0 Å². The van der Waals surface area contributed by atoms with Gasteiger partial charge >= 0.3 is 0 Å². The number of aliphatic hydroxyl groups is 1. The summed E-state index contributed by atoms with van der Waals surface area (Å²) >= 11 is 0. The number of rotatable bonds is 4. The number of hydrogen-bond donors (Lipinski definition) is 2. The van der Waals surface area contributed by atoms with Gasteiger partial charge in [0.05, 0.1) is 24.3 Å². The van der Waals surface area contributed by atoms with E-state index in [2.05, 4.69) is 26.1 Å². The van der Waals surface area contributed by atoms with Crippen LogP contribution in [0.1, 0.15) is 43.1 Å². The minimum atomic E-state index is -0.279. The highest BCUT2D eigenvalue weighted by molar-refractivity contribution is 5.94. The molecule has 102 valence electrons. The maximum atomic E-state index is 12.0. The summed E-state index contributed by atoms with van der Waals surface area (Å²) in [5.41, 5.74) is 0.908. The second-order valence-corrected chi connectivity index (χ2v) is 5.81. The van der Waals surface area contributed by atoms with Crippen molar-refractivity contribution in [1.29, 1.82) is 5.26 Å². The normalized spacial score (nSPS) is 12.6. The molecule has 0 aliphatic rings. The molecule has 0 aliphatic heterocycles. The van der Waals surface area contributed by atoms with Gasteiger partial charge in [-0.25, -0.2) is 0 Å². The zero-order chi connectivity index (χ0) is 14.5. The molecular weight excluding hydrogens is 240 g/mol. The second-order valence-electron chi connectivity index (χ2n) is 5.81. The number of hydrogen-bond acceptors (Lipinski definition) is 3. The lowest BCUT2D eigenvalue weighted by molar-refractivity contribution is 0.0897. The molecule has 0 saturated carbocycles. The van der Waals surface area contributed by atoms with E-state index in [-0.39, 0.29) is 24.0 Å². The fourth-order valence-electron chi connectivity index (χ4n) is 1.90. The van der Waals surface area contributed by atoms with Crippen LogP contribution in [0, 0.1) is 16.7 Å². The highest BCUT2D eigenvalue weighted by Gasteiger charge is 2.20. The summed E-state index contributed by atoms with van der Waals surface area (Å²) in [4.78, 5) is 12.0. The fraction of sp³-hybridized carbons (Fsp3) is 0.467. The molecule has 19 heavy (non-hydrogen) atoms. The van der Waals surface area contributed by atoms with Gasteiger partial charge in [-0.05, 0) is 30.0 Å². The maximum Gasteiger partial charge on any atom is 0.251 e. The lowest BCUT2D eigenvalue weighted by Gasteiger charge is -2.25. The zero-order valence-corrected chi connectivity index (χ0v) is 11.6. The van der Waals surface area contributed by atoms with Gasteiger partial charge in [-0.15, -0.1) is 0 Å². The molecule has 1 atom stereocenters. The van der Waals surface area contributed by atoms with Crippen LogP contribution in [0.25, 0.3) is 0 Å². The van der Waals surface area contributed by atoms with Crippen molar-refractivity contribution in [1.82, 2.24) is 5.32 Å². The van der Waals surface area contributed by atoms with E-state index in [0.717, 1.165) is 0 Å². The van der Waals surface area contributed by atoms with Crippen molar-refractivity contribution >= 4 is 5.91 Å². The van der Waals surface area contributed by atoms with Crippen LogP contribution in [0.3, 0.4) is 0 Å². The quantitative estimate of drug-likeness (QED) is 0.870. The van der Waals surface area contributed by atoms with Crippen LogP contribution in [-0.4, -0.2) is 23.7 Å². The lowest BCUT2D eigenvalue weighted by Crippen LogP contribution is -2.40. The first-order valence-corrected chi connectivity index (χ1v) is 6.27. The molecule has 4 nitrogen and oxygen atoms in total. The van der Waals surface area contributed by atoms with Crippen molar-refractivity contribution in [2.75, 3.05) is 6.61 Å². The third kappa shape index (κ3) is 5.11. The van der Waals surface area contributed by atoms with Crippen molar-refractivity contribution in [2.45, 2.75) is 33.2 Å². The molecule has 4 heteroatoms. The Bertz CT molecular complexity index is 484. The molecule has 1 unspecified atom stereocenters. The average molecular weight is 260 g/mol. The summed E-state index contributed by atoms with van der Waals surface area (Å²) in [6, 6.07) is 8.24. The number of carbonyl (C=O) groups is 1. The predicted octanol–water partition coefficient (Wildman–Crippen LogP) is 2.09. The number of nitriles is 1. The van der Waals surface area contributed by atoms with Gasteiger partial charge in [0.25, 0.3) is 5.91 Å². The molecule has 0 bridgehead atoms. The molecule has 0 fully saturated rings. The SMILES string of the molecule is CC(C)(C)CC(CO)NC(=O)c1cccc(C#N)c1. The highest BCUT2D eigenvalue weighted by atomic mass is 16.3. The Hall–Kier alpha value is -1.86. The second kappa shape index (κ2) is 6.35. The van der Waals surface area contributed by atoms with Crippen molar-refractivity contribution in [2.24, 2.45) is 5.41 Å². The van der Waals surface area contributed by atoms with E-state index in [1.807, 2.05) is 6.07 Å². The molecule has 1 amide bonds. The van der Waals surface area contributed by atoms with Gasteiger partial charge in [-0.3, -0.25) is 4.79 Å². The summed E-state index contributed by atoms with van der Waals surface area (Å²) in [5.74, 6) is -0.264. The predicted molar refractivity (Wildman–Crippen MR) is 73.6 cm³/mol. The number of nitrogens with one attached hydrogen (secondary N) is 1. The first kappa shape index (κ1) is 15.2. The number of carbonyl (C=O) groups excluding carboxylic acids is 1. The van der Waals surface area contributed by atoms with Crippen molar-refractivity contribution in [3.8, 4) is 6.07 Å². The van der Waals surface area contributed by atoms with Gasteiger partial charge in [0, 0.05) is 5.56 Å². The monoisotopic (exact) mass is 260 g/mol. The molecule has 0 saturated heterocycles. The number of benzene rings is 1. The van der Waals surface area contributed by atoms with Gasteiger partial charge in [-0.2, -0.15) is 5.26 Å². The van der Waals surface area contributed by atoms with Crippen molar-refractivity contribution in [3.63, 3.8) is 0 Å². The molecule has 2 N–H and O–H groups in total. The average Bonchev–Trinajstić information content (AvgIpc) is 2.36. The van der Waals surface area contributed by atoms with Crippen LogP contribution in [0.15, 0.2) is 24.3 Å². The van der Waals surface area contributed by atoms with Crippen LogP contribution in [0.2, 0.25) is 0 Å². The van der Waals surface area contributed by atoms with Crippen molar-refractivity contribution in [3.05, 3.63) is 35.4 Å². The highest BCUT2D eigenvalue weighted by Crippen LogP contribution is 2.20. The molecule has 1 aromatic carbocycles. The third-order valence-corrected chi connectivity index (χ3v) is 2.67. The van der Waals surface area contributed by atoms with Gasteiger partial charge in [-0.1, -0.05) is 26.8 Å². The van der Waals surface area contributed by atoms with Crippen LogP contribution in [0.4, 0.5) is 0 Å². The Balaban J connectivity index is 2.75. The topological polar surface area (TPSA) is 73.1 Å². The summed E-state index contributed by atoms with van der Waals surface area (Å²) in [5, 5.41) is 20.9. The Labute approximate surface area is 114 Å². The molecule has 1 rings (SSSR count). The molecule has 1 aromatic rings. The smallest absolute Gasteiger partial charge is 0.251 e. The number of nitrogens with zero attached hydrogens (tertiary/aromatic N) is 1. The van der Waals surface area contributed by atoms with E-state index in [4.69, 9.17) is 5.26 Å². The largest absolute Gasteiger partial charge is 0.394 e. The summed E-state index contributed by atoms with van der Waals surface area (Å²) in [7, 11) is 0. The van der Waals surface area contributed by atoms with E-state index < -0.39 is 0 Å². The minimum absolute atomic E-state index is 0.0230. The maximum absolute atomic E-state index is 12.0. The van der Waals surface area contributed by atoms with Gasteiger partial charge in [0.2, 0.25) is 0 Å². The van der Waals surface area contributed by atoms with E-state index in [1.165, 1.54) is 0 Å². The zero-order valence-electron chi connectivity index (χ0n) is 11.6. The standard InChI is InChI=1S/C15H20N2O2/c1-15(2,3)8-13(10-18)17-14(19)12-6-4-5-11(7-12)9-16/h4-7,13,18H,8,10H2,1-3H3,(H,17,19). The number of aliphatic hydroxyl groups excluding tert-OH is 1. The van der Waals surface area contributed by atoms with Gasteiger partial charge in [0.1, 0.15) is 0 Å². The fourth-order valence-corrected chi connectivity index (χ4v) is 1.90. The summed E-state index contributed by atoms with van der Waals surface area (Å²) in [6.45, 7) is 6.06. The van der Waals surface area contributed by atoms with Gasteiger partial charge < -0.3 is 10.4 Å². The van der Waals surface area contributed by atoms with E-state index in [0.29, 0.717) is 17.5 Å². The first-order chi connectivity index (χ1) is 8.85. The van der Waals surface area contributed by atoms with Crippen LogP contribution in [0.5, 0.6) is 0 Å². The van der Waals surface area contributed by atoms with E-state index in [1.54, 1.807) is 24.3 Å². The molecular formula is C15H20N2O2. The van der Waals surface area contributed by atoms with Gasteiger partial charge in [0.15, 0.2) is 0 Å². The Kier molecular flexibility index (Phi) is 5.08. The number of amides is 1. The Morgan fingerprint density at radius 2 is 2.16 bits per heavy atom. The van der Waals surface area contributed by atoms with Crippen LogP contribution in [-0.2, 0) is 0 Å². The van der Waals surface area contributed by atoms with Crippen LogP contribution >= 0.6 is 0 Å². The third-order valence-electron chi connectivity index (χ3n) is 2.67. The molecule has 0 radical (unpaired) electrons. The van der Waals surface area contributed by atoms with Crippen LogP contribution < -0.4 is 5.32 Å². The molecule has 0 heterocycles. The lowest BCUT2D eigenvalue weighted by atomic mass is 9.88. The van der Waals surface area contributed by atoms with Crippen molar-refractivity contribution < 1.29 is 9.90 Å². The Morgan fingerprint density at radius 3 is 2.68 bits per heavy atom. The first-order valence-electron chi connectivity index (χ1n) is 6.27. The minimum Gasteiger partial charge on any atom is -0.394 e. The molecule has 0 aliphatic carbocycles. The Morgan fingerprint density at radius 1 is 1.47 bits per heavy atom. The summed E-state index contributed by atoms with van der Waals surface area (Å²) < 4.78 is 0. The summed E-state index contributed by atoms with van der Waals surface area (Å²) in [6.07, 6.45) is 0.688.